The first-order valence-corrected chi connectivity index (χ1v) is 6.57. The molecule has 0 spiro atoms. The lowest BCUT2D eigenvalue weighted by atomic mass is 10.1. The second-order valence-electron chi connectivity index (χ2n) is 4.59. The predicted molar refractivity (Wildman–Crippen MR) is 79.8 cm³/mol. The van der Waals surface area contributed by atoms with Crippen molar-refractivity contribution in [3.8, 4) is 5.75 Å². The molecule has 0 aliphatic carbocycles. The second kappa shape index (κ2) is 6.76. The number of amides is 1. The molecule has 0 atom stereocenters. The molecule has 0 fully saturated rings. The van der Waals surface area contributed by atoms with Crippen LogP contribution in [0.2, 0.25) is 0 Å². The van der Waals surface area contributed by atoms with Gasteiger partial charge in [0.15, 0.2) is 5.76 Å². The number of benzene rings is 1. The molecule has 0 aliphatic heterocycles. The number of allylic oxidation sites excluding steroid dienone is 1. The third-order valence-electron chi connectivity index (χ3n) is 3.01. The monoisotopic (exact) mass is 286 g/mol. The number of carbonyl (C=O) groups is 1. The minimum Gasteiger partial charge on any atom is -0.485 e. The van der Waals surface area contributed by atoms with Crippen molar-refractivity contribution in [3.63, 3.8) is 0 Å². The van der Waals surface area contributed by atoms with E-state index in [4.69, 9.17) is 15.0 Å². The van der Waals surface area contributed by atoms with Gasteiger partial charge in [-0.15, -0.1) is 6.58 Å². The van der Waals surface area contributed by atoms with Gasteiger partial charge in [0.25, 0.3) is 0 Å². The zero-order valence-corrected chi connectivity index (χ0v) is 11.9. The summed E-state index contributed by atoms with van der Waals surface area (Å²) in [4.78, 5) is 11.5. The molecule has 5 nitrogen and oxygen atoms in total. The SMILES string of the molecule is C=CCc1ccccc1OCc1cc(C)c(C(=O)NN)o1. The summed E-state index contributed by atoms with van der Waals surface area (Å²) in [6.45, 7) is 5.75. The molecule has 1 heterocycles. The van der Waals surface area contributed by atoms with E-state index in [0.717, 1.165) is 23.3 Å². The van der Waals surface area contributed by atoms with Crippen LogP contribution in [-0.2, 0) is 13.0 Å². The maximum Gasteiger partial charge on any atom is 0.301 e. The zero-order valence-electron chi connectivity index (χ0n) is 11.9. The van der Waals surface area contributed by atoms with Crippen LogP contribution < -0.4 is 16.0 Å². The smallest absolute Gasteiger partial charge is 0.301 e. The lowest BCUT2D eigenvalue weighted by Gasteiger charge is -2.08. The van der Waals surface area contributed by atoms with Gasteiger partial charge in [0.2, 0.25) is 0 Å². The number of nitrogen functional groups attached to an aromatic ring is 1. The van der Waals surface area contributed by atoms with Crippen LogP contribution in [0.1, 0.15) is 27.4 Å². The summed E-state index contributed by atoms with van der Waals surface area (Å²) in [6, 6.07) is 9.50. The minimum absolute atomic E-state index is 0.204. The molecule has 0 bridgehead atoms. The van der Waals surface area contributed by atoms with Crippen LogP contribution >= 0.6 is 0 Å². The minimum atomic E-state index is -0.453. The van der Waals surface area contributed by atoms with E-state index in [2.05, 4.69) is 12.0 Å². The lowest BCUT2D eigenvalue weighted by molar-refractivity contribution is 0.0921. The first kappa shape index (κ1) is 14.9. The lowest BCUT2D eigenvalue weighted by Crippen LogP contribution is -2.30. The number of hydrogen-bond acceptors (Lipinski definition) is 4. The molecule has 110 valence electrons. The average molecular weight is 286 g/mol. The van der Waals surface area contributed by atoms with E-state index < -0.39 is 5.91 Å². The highest BCUT2D eigenvalue weighted by molar-refractivity contribution is 5.92. The van der Waals surface area contributed by atoms with Crippen LogP contribution in [0.5, 0.6) is 5.75 Å². The van der Waals surface area contributed by atoms with Crippen molar-refractivity contribution in [1.29, 1.82) is 0 Å². The van der Waals surface area contributed by atoms with Crippen LogP contribution in [0.15, 0.2) is 47.4 Å². The summed E-state index contributed by atoms with van der Waals surface area (Å²) in [5.74, 6) is 6.19. The number of nitrogens with two attached hydrogens (primary N) is 1. The molecule has 0 saturated carbocycles. The van der Waals surface area contributed by atoms with Crippen molar-refractivity contribution in [3.05, 3.63) is 65.6 Å². The van der Waals surface area contributed by atoms with Crippen LogP contribution in [0.3, 0.4) is 0 Å². The van der Waals surface area contributed by atoms with Gasteiger partial charge >= 0.3 is 5.91 Å². The van der Waals surface area contributed by atoms with Crippen molar-refractivity contribution in [1.82, 2.24) is 5.43 Å². The maximum absolute atomic E-state index is 11.5. The number of para-hydroxylation sites is 1. The zero-order chi connectivity index (χ0) is 15.2. The number of nitrogens with one attached hydrogen (secondary N) is 1. The first-order chi connectivity index (χ1) is 10.2. The Kier molecular flexibility index (Phi) is 4.79. The highest BCUT2D eigenvalue weighted by Gasteiger charge is 2.15. The summed E-state index contributed by atoms with van der Waals surface area (Å²) in [6.07, 6.45) is 2.55. The molecule has 5 heteroatoms. The van der Waals surface area contributed by atoms with E-state index in [9.17, 15) is 4.79 Å². The maximum atomic E-state index is 11.5. The van der Waals surface area contributed by atoms with Gasteiger partial charge in [-0.1, -0.05) is 24.3 Å². The van der Waals surface area contributed by atoms with Gasteiger partial charge in [0.1, 0.15) is 18.1 Å². The largest absolute Gasteiger partial charge is 0.485 e. The summed E-state index contributed by atoms with van der Waals surface area (Å²) >= 11 is 0. The molecule has 1 amide bonds. The highest BCUT2D eigenvalue weighted by atomic mass is 16.5. The number of hydrazine groups is 1. The Hall–Kier alpha value is -2.53. The molecule has 2 aromatic rings. The molecule has 0 aliphatic rings. The van der Waals surface area contributed by atoms with E-state index in [0.29, 0.717) is 5.76 Å². The Balaban J connectivity index is 2.10. The van der Waals surface area contributed by atoms with E-state index in [1.54, 1.807) is 13.0 Å². The third-order valence-corrected chi connectivity index (χ3v) is 3.01. The number of aryl methyl sites for hydroxylation is 1. The molecule has 21 heavy (non-hydrogen) atoms. The number of ether oxygens (including phenoxy) is 1. The average Bonchev–Trinajstić information content (AvgIpc) is 2.87. The number of carbonyl (C=O) groups excluding carboxylic acids is 1. The van der Waals surface area contributed by atoms with Gasteiger partial charge in [-0.05, 0) is 31.0 Å². The normalized spacial score (nSPS) is 10.2. The number of hydrogen-bond donors (Lipinski definition) is 2. The van der Waals surface area contributed by atoms with Crippen molar-refractivity contribution in [2.75, 3.05) is 0 Å². The third kappa shape index (κ3) is 3.52. The molecular weight excluding hydrogens is 268 g/mol. The van der Waals surface area contributed by atoms with E-state index in [-0.39, 0.29) is 12.4 Å². The number of furan rings is 1. The summed E-state index contributed by atoms with van der Waals surface area (Å²) < 4.78 is 11.2. The molecule has 0 unspecified atom stereocenters. The fourth-order valence-corrected chi connectivity index (χ4v) is 2.03. The van der Waals surface area contributed by atoms with Crippen molar-refractivity contribution in [2.24, 2.45) is 5.84 Å². The van der Waals surface area contributed by atoms with Crippen molar-refractivity contribution in [2.45, 2.75) is 20.0 Å². The molecule has 3 N–H and O–H groups in total. The van der Waals surface area contributed by atoms with Gasteiger partial charge in [-0.2, -0.15) is 0 Å². The topological polar surface area (TPSA) is 77.5 Å². The summed E-state index contributed by atoms with van der Waals surface area (Å²) in [5.41, 5.74) is 3.82. The summed E-state index contributed by atoms with van der Waals surface area (Å²) in [5, 5.41) is 0. The van der Waals surface area contributed by atoms with Crippen LogP contribution in [0.4, 0.5) is 0 Å². The predicted octanol–water partition coefficient (Wildman–Crippen LogP) is 2.50. The second-order valence-corrected chi connectivity index (χ2v) is 4.59. The van der Waals surface area contributed by atoms with Gasteiger partial charge in [-0.25, -0.2) is 5.84 Å². The molecule has 2 rings (SSSR count). The Morgan fingerprint density at radius 2 is 2.24 bits per heavy atom. The quantitative estimate of drug-likeness (QED) is 0.370. The Labute approximate surface area is 123 Å². The first-order valence-electron chi connectivity index (χ1n) is 6.57. The highest BCUT2D eigenvalue weighted by Crippen LogP contribution is 2.21. The molecule has 1 aromatic heterocycles. The summed E-state index contributed by atoms with van der Waals surface area (Å²) in [7, 11) is 0. The van der Waals surface area contributed by atoms with Gasteiger partial charge < -0.3 is 9.15 Å². The van der Waals surface area contributed by atoms with E-state index in [1.807, 2.05) is 30.3 Å². The Morgan fingerprint density at radius 3 is 2.95 bits per heavy atom. The van der Waals surface area contributed by atoms with Crippen molar-refractivity contribution < 1.29 is 13.9 Å². The van der Waals surface area contributed by atoms with Gasteiger partial charge in [0, 0.05) is 5.56 Å². The van der Waals surface area contributed by atoms with Crippen LogP contribution in [-0.4, -0.2) is 5.91 Å². The van der Waals surface area contributed by atoms with E-state index in [1.165, 1.54) is 0 Å². The fourth-order valence-electron chi connectivity index (χ4n) is 2.03. The van der Waals surface area contributed by atoms with E-state index >= 15 is 0 Å². The number of rotatable bonds is 6. The molecule has 1 aromatic carbocycles. The van der Waals surface area contributed by atoms with Gasteiger partial charge in [0.05, 0.1) is 0 Å². The fraction of sp³-hybridized carbons (Fsp3) is 0.188. The van der Waals surface area contributed by atoms with Crippen molar-refractivity contribution >= 4 is 5.91 Å². The molecular formula is C16H18N2O3. The Bertz CT molecular complexity index is 647. The van der Waals surface area contributed by atoms with Crippen LogP contribution in [0, 0.1) is 6.92 Å². The van der Waals surface area contributed by atoms with Crippen LogP contribution in [0.25, 0.3) is 0 Å². The molecule has 0 saturated heterocycles. The molecule has 0 radical (unpaired) electrons. The van der Waals surface area contributed by atoms with Gasteiger partial charge in [-0.3, -0.25) is 10.2 Å². The Morgan fingerprint density at radius 1 is 1.48 bits per heavy atom. The standard InChI is InChI=1S/C16H18N2O3/c1-3-6-12-7-4-5-8-14(12)20-10-13-9-11(2)15(21-13)16(19)18-17/h3-5,7-9H,1,6,10,17H2,2H3,(H,18,19).